The van der Waals surface area contributed by atoms with Crippen LogP contribution in [0.15, 0.2) is 12.3 Å². The Hall–Kier alpha value is -0.176. The topological polar surface area (TPSA) is 27.7 Å². The Balaban J connectivity index is 1.92. The van der Waals surface area contributed by atoms with E-state index in [1.54, 1.807) is 6.26 Å². The van der Waals surface area contributed by atoms with Gasteiger partial charge in [-0.3, -0.25) is 0 Å². The molecule has 2 fully saturated rings. The van der Waals surface area contributed by atoms with Crippen LogP contribution in [0.4, 0.5) is 4.39 Å². The first-order valence-corrected chi connectivity index (χ1v) is 14.9. The predicted octanol–water partition coefficient (Wildman–Crippen LogP) is 4.77. The molecular weight excluding hydrogens is 327 g/mol. The van der Waals surface area contributed by atoms with E-state index < -0.39 is 33.5 Å². The fraction of sp³-hybridized carbons (Fsp3) is 0.882. The van der Waals surface area contributed by atoms with Crippen LogP contribution in [0.25, 0.3) is 0 Å². The Morgan fingerprint density at radius 1 is 1.09 bits per heavy atom. The average molecular weight is 359 g/mol. The third-order valence-electron chi connectivity index (χ3n) is 5.90. The van der Waals surface area contributed by atoms with E-state index >= 15 is 4.39 Å². The molecule has 132 valence electrons. The first-order chi connectivity index (χ1) is 10.2. The lowest BCUT2D eigenvalue weighted by molar-refractivity contribution is -0.0587. The maximum atomic E-state index is 15.5. The van der Waals surface area contributed by atoms with Crippen LogP contribution in [-0.2, 0) is 13.6 Å². The van der Waals surface area contributed by atoms with Gasteiger partial charge in [-0.25, -0.2) is 4.39 Å². The Bertz CT molecular complexity index is 551. The molecule has 0 bridgehead atoms. The number of alkyl halides is 1. The van der Waals surface area contributed by atoms with Crippen molar-refractivity contribution in [3.8, 4) is 0 Å². The van der Waals surface area contributed by atoms with Gasteiger partial charge in [-0.1, -0.05) is 20.8 Å². The van der Waals surface area contributed by atoms with Gasteiger partial charge in [-0.2, -0.15) is 0 Å². The molecule has 2 saturated carbocycles. The Labute approximate surface area is 141 Å². The number of fused-ring (bicyclic) bond motifs is 3. The molecule has 0 amide bonds. The molecule has 0 saturated heterocycles. The number of halogens is 1. The highest BCUT2D eigenvalue weighted by Crippen LogP contribution is 2.71. The molecule has 0 N–H and O–H groups in total. The molecule has 0 aromatic heterocycles. The molecule has 2 aliphatic carbocycles. The van der Waals surface area contributed by atoms with Crippen LogP contribution in [0.2, 0.25) is 37.8 Å². The molecule has 0 spiro atoms. The van der Waals surface area contributed by atoms with Gasteiger partial charge in [-0.05, 0) is 43.8 Å². The molecule has 0 radical (unpaired) electrons. The third-order valence-corrected chi connectivity index (χ3v) is 11.4. The van der Waals surface area contributed by atoms with Gasteiger partial charge < -0.3 is 13.6 Å². The molecule has 1 heterocycles. The quantitative estimate of drug-likeness (QED) is 0.678. The van der Waals surface area contributed by atoms with Crippen LogP contribution >= 0.6 is 0 Å². The summed E-state index contributed by atoms with van der Waals surface area (Å²) in [6.07, 6.45) is 4.08. The van der Waals surface area contributed by atoms with Gasteiger partial charge in [0.15, 0.2) is 22.7 Å². The smallest absolute Gasteiger partial charge is 0.193 e. The van der Waals surface area contributed by atoms with Gasteiger partial charge >= 0.3 is 0 Å². The normalized spacial score (nSPS) is 42.4. The summed E-state index contributed by atoms with van der Waals surface area (Å²) in [5, 5.41) is 0.0438. The highest BCUT2D eigenvalue weighted by molar-refractivity contribution is 6.74. The van der Waals surface area contributed by atoms with E-state index in [-0.39, 0.29) is 11.1 Å². The van der Waals surface area contributed by atoms with Gasteiger partial charge in [0.05, 0.1) is 6.26 Å². The van der Waals surface area contributed by atoms with Crippen molar-refractivity contribution in [1.29, 1.82) is 0 Å². The maximum Gasteiger partial charge on any atom is 0.193 e. The first-order valence-electron chi connectivity index (χ1n) is 8.59. The molecule has 6 heteroatoms. The Morgan fingerprint density at radius 3 is 2.22 bits per heavy atom. The third kappa shape index (κ3) is 2.48. The minimum Gasteiger partial charge on any atom is -0.492 e. The Morgan fingerprint density at radius 2 is 1.70 bits per heavy atom. The van der Waals surface area contributed by atoms with Crippen molar-refractivity contribution in [2.45, 2.75) is 94.4 Å². The average Bonchev–Trinajstić information content (AvgIpc) is 2.60. The minimum absolute atomic E-state index is 0.0438. The lowest BCUT2D eigenvalue weighted by Crippen LogP contribution is -2.54. The Kier molecular flexibility index (Phi) is 3.46. The van der Waals surface area contributed by atoms with Crippen molar-refractivity contribution in [3.05, 3.63) is 12.3 Å². The highest BCUT2D eigenvalue weighted by Gasteiger charge is 2.87. The summed E-state index contributed by atoms with van der Waals surface area (Å²) in [7, 11) is -3.92. The highest BCUT2D eigenvalue weighted by atomic mass is 28.4. The van der Waals surface area contributed by atoms with Crippen LogP contribution in [0.5, 0.6) is 0 Å². The second kappa shape index (κ2) is 4.51. The second-order valence-electron chi connectivity index (χ2n) is 10.1. The van der Waals surface area contributed by atoms with E-state index in [4.69, 9.17) is 13.6 Å². The first kappa shape index (κ1) is 17.6. The van der Waals surface area contributed by atoms with Crippen molar-refractivity contribution in [2.24, 2.45) is 0 Å². The number of hydrogen-bond acceptors (Lipinski definition) is 3. The van der Waals surface area contributed by atoms with Crippen LogP contribution in [0, 0.1) is 0 Å². The molecule has 3 rings (SSSR count). The maximum absolute atomic E-state index is 15.5. The molecule has 3 aliphatic rings. The van der Waals surface area contributed by atoms with Crippen molar-refractivity contribution >= 4 is 16.6 Å². The van der Waals surface area contributed by atoms with E-state index in [2.05, 4.69) is 53.5 Å². The zero-order valence-corrected chi connectivity index (χ0v) is 17.7. The standard InChI is InChI=1S/C17H31FO3Si2/c1-14(2,3)23(7,8)21-17-12-16(17,18)11-15(20-22(4,5)6)9-10-19-13(15)17/h9-10,13H,11-12H2,1-8H3/t13-,15+,16-,17-/m0/s1. The number of rotatable bonds is 4. The monoisotopic (exact) mass is 358 g/mol. The fourth-order valence-electron chi connectivity index (χ4n) is 3.92. The molecule has 0 aromatic carbocycles. The molecule has 0 aromatic rings. The summed E-state index contributed by atoms with van der Waals surface area (Å²) in [6, 6.07) is 0. The van der Waals surface area contributed by atoms with Crippen LogP contribution < -0.4 is 0 Å². The fourth-order valence-corrected chi connectivity index (χ4v) is 6.89. The molecular formula is C17H31FO3Si2. The lowest BCUT2D eigenvalue weighted by atomic mass is 9.95. The summed E-state index contributed by atoms with van der Waals surface area (Å²) in [6.45, 7) is 17.3. The van der Waals surface area contributed by atoms with Crippen LogP contribution in [0.3, 0.4) is 0 Å². The molecule has 0 unspecified atom stereocenters. The van der Waals surface area contributed by atoms with Gasteiger partial charge in [0, 0.05) is 12.8 Å². The van der Waals surface area contributed by atoms with Gasteiger partial charge in [0.2, 0.25) is 0 Å². The number of ether oxygens (including phenoxy) is 1. The predicted molar refractivity (Wildman–Crippen MR) is 95.3 cm³/mol. The van der Waals surface area contributed by atoms with E-state index in [0.717, 1.165) is 0 Å². The van der Waals surface area contributed by atoms with Gasteiger partial charge in [0.25, 0.3) is 0 Å². The molecule has 3 nitrogen and oxygen atoms in total. The SMILES string of the molecule is CC(C)(C)[Si](C)(C)O[C@]12C[C@@]1(F)C[C@]1(O[Si](C)(C)C)C=CO[C@@H]12. The summed E-state index contributed by atoms with van der Waals surface area (Å²) < 4.78 is 34.4. The summed E-state index contributed by atoms with van der Waals surface area (Å²) >= 11 is 0. The summed E-state index contributed by atoms with van der Waals surface area (Å²) in [4.78, 5) is 0. The molecule has 4 atom stereocenters. The second-order valence-corrected chi connectivity index (χ2v) is 19.2. The van der Waals surface area contributed by atoms with Crippen LogP contribution in [0.1, 0.15) is 33.6 Å². The lowest BCUT2D eigenvalue weighted by Gasteiger charge is -2.42. The van der Waals surface area contributed by atoms with Gasteiger partial charge in [-0.15, -0.1) is 0 Å². The van der Waals surface area contributed by atoms with Crippen molar-refractivity contribution in [3.63, 3.8) is 0 Å². The van der Waals surface area contributed by atoms with Crippen molar-refractivity contribution in [1.82, 2.24) is 0 Å². The van der Waals surface area contributed by atoms with E-state index in [1.165, 1.54) is 0 Å². The van der Waals surface area contributed by atoms with Crippen molar-refractivity contribution < 1.29 is 18.0 Å². The van der Waals surface area contributed by atoms with Crippen LogP contribution in [-0.4, -0.2) is 39.6 Å². The zero-order chi connectivity index (χ0) is 17.5. The molecule has 23 heavy (non-hydrogen) atoms. The summed E-state index contributed by atoms with van der Waals surface area (Å²) in [5.74, 6) is 0. The van der Waals surface area contributed by atoms with E-state index in [9.17, 15) is 0 Å². The van der Waals surface area contributed by atoms with Gasteiger partial charge in [0.1, 0.15) is 16.9 Å². The number of hydrogen-bond donors (Lipinski definition) is 0. The summed E-state index contributed by atoms with van der Waals surface area (Å²) in [5.41, 5.74) is -2.77. The van der Waals surface area contributed by atoms with E-state index in [0.29, 0.717) is 12.8 Å². The minimum atomic E-state index is -2.09. The van der Waals surface area contributed by atoms with Crippen molar-refractivity contribution in [2.75, 3.05) is 0 Å². The van der Waals surface area contributed by atoms with E-state index in [1.807, 2.05) is 6.08 Å². The largest absolute Gasteiger partial charge is 0.492 e. The zero-order valence-electron chi connectivity index (χ0n) is 15.7. The molecule has 1 aliphatic heterocycles.